The van der Waals surface area contributed by atoms with Gasteiger partial charge in [-0.05, 0) is 12.3 Å². The van der Waals surface area contributed by atoms with Gasteiger partial charge in [-0.25, -0.2) is 0 Å². The van der Waals surface area contributed by atoms with E-state index in [4.69, 9.17) is 5.11 Å². The van der Waals surface area contributed by atoms with Crippen LogP contribution in [0, 0.1) is 5.92 Å². The second-order valence-electron chi connectivity index (χ2n) is 3.68. The number of aliphatic hydroxyl groups excluding tert-OH is 1. The summed E-state index contributed by atoms with van der Waals surface area (Å²) in [7, 11) is 1.37. The Morgan fingerprint density at radius 3 is 2.36 bits per heavy atom. The van der Waals surface area contributed by atoms with Gasteiger partial charge in [0, 0.05) is 6.04 Å². The highest BCUT2D eigenvalue weighted by atomic mass is 16.5. The van der Waals surface area contributed by atoms with Gasteiger partial charge in [-0.2, -0.15) is 0 Å². The number of carbonyl (C=O) groups excluding carboxylic acids is 1. The molecule has 0 radical (unpaired) electrons. The Morgan fingerprint density at radius 2 is 2.07 bits per heavy atom. The largest absolute Gasteiger partial charge is 0.468 e. The summed E-state index contributed by atoms with van der Waals surface area (Å²) in [6.07, 6.45) is 0.663. The van der Waals surface area contributed by atoms with Gasteiger partial charge in [-0.15, -0.1) is 0 Å². The Balaban J connectivity index is 4.21. The summed E-state index contributed by atoms with van der Waals surface area (Å²) in [5.41, 5.74) is 0. The predicted octanol–water partition coefficient (Wildman–Crippen LogP) is 0.544. The predicted molar refractivity (Wildman–Crippen MR) is 54.9 cm³/mol. The van der Waals surface area contributed by atoms with Crippen LogP contribution in [0.1, 0.15) is 27.2 Å². The van der Waals surface area contributed by atoms with Gasteiger partial charge < -0.3 is 9.84 Å². The molecular weight excluding hydrogens is 182 g/mol. The first kappa shape index (κ1) is 13.4. The van der Waals surface area contributed by atoms with E-state index in [2.05, 4.69) is 10.1 Å². The summed E-state index contributed by atoms with van der Waals surface area (Å²) < 4.78 is 4.65. The molecule has 2 N–H and O–H groups in total. The van der Waals surface area contributed by atoms with E-state index < -0.39 is 0 Å². The van der Waals surface area contributed by atoms with Crippen LogP contribution in [-0.2, 0) is 9.53 Å². The van der Waals surface area contributed by atoms with Gasteiger partial charge in [0.1, 0.15) is 6.04 Å². The monoisotopic (exact) mass is 203 g/mol. The van der Waals surface area contributed by atoms with E-state index in [-0.39, 0.29) is 24.7 Å². The number of methoxy groups -OCH3 is 1. The summed E-state index contributed by atoms with van der Waals surface area (Å²) in [5, 5.41) is 12.2. The van der Waals surface area contributed by atoms with Crippen molar-refractivity contribution in [1.29, 1.82) is 0 Å². The van der Waals surface area contributed by atoms with Crippen molar-refractivity contribution in [2.24, 2.45) is 5.92 Å². The van der Waals surface area contributed by atoms with Crippen LogP contribution >= 0.6 is 0 Å². The highest BCUT2D eigenvalue weighted by molar-refractivity contribution is 5.75. The fourth-order valence-electron chi connectivity index (χ4n) is 1.21. The second-order valence-corrected chi connectivity index (χ2v) is 3.68. The van der Waals surface area contributed by atoms with Crippen molar-refractivity contribution in [2.45, 2.75) is 39.3 Å². The Kier molecular flexibility index (Phi) is 6.49. The van der Waals surface area contributed by atoms with Crippen LogP contribution < -0.4 is 5.32 Å². The minimum atomic E-state index is -0.320. The fraction of sp³-hybridized carbons (Fsp3) is 0.900. The Morgan fingerprint density at radius 1 is 1.50 bits per heavy atom. The molecule has 1 unspecified atom stereocenters. The first-order valence-corrected chi connectivity index (χ1v) is 5.01. The average molecular weight is 203 g/mol. The average Bonchev–Trinajstić information content (AvgIpc) is 2.18. The first-order valence-electron chi connectivity index (χ1n) is 5.01. The lowest BCUT2D eigenvalue weighted by Crippen LogP contribution is -2.47. The number of rotatable bonds is 6. The van der Waals surface area contributed by atoms with Crippen LogP contribution in [0.4, 0.5) is 0 Å². The number of esters is 1. The molecule has 2 atom stereocenters. The molecule has 0 aliphatic heterocycles. The van der Waals surface area contributed by atoms with E-state index in [1.165, 1.54) is 7.11 Å². The molecule has 84 valence electrons. The maximum absolute atomic E-state index is 11.3. The molecule has 0 bridgehead atoms. The topological polar surface area (TPSA) is 58.6 Å². The van der Waals surface area contributed by atoms with Crippen molar-refractivity contribution < 1.29 is 14.6 Å². The standard InChI is InChI=1S/C10H21NO3/c1-5-8(10(13)14-4)11-9(6-12)7(2)3/h7-9,11-12H,5-6H2,1-4H3/t8?,9-/m1/s1. The third-order valence-corrected chi connectivity index (χ3v) is 2.31. The maximum Gasteiger partial charge on any atom is 0.322 e. The normalized spacial score (nSPS) is 15.3. The van der Waals surface area contributed by atoms with E-state index >= 15 is 0 Å². The van der Waals surface area contributed by atoms with Crippen molar-refractivity contribution in [3.63, 3.8) is 0 Å². The molecule has 0 rings (SSSR count). The summed E-state index contributed by atoms with van der Waals surface area (Å²) in [5.74, 6) is 0.0188. The molecule has 0 saturated heterocycles. The molecule has 0 aliphatic rings. The van der Waals surface area contributed by atoms with E-state index in [0.29, 0.717) is 12.3 Å². The van der Waals surface area contributed by atoms with E-state index in [1.54, 1.807) is 0 Å². The number of hydrogen-bond donors (Lipinski definition) is 2. The second kappa shape index (κ2) is 6.79. The molecule has 14 heavy (non-hydrogen) atoms. The number of nitrogens with one attached hydrogen (secondary N) is 1. The van der Waals surface area contributed by atoms with Crippen LogP contribution in [-0.4, -0.2) is 36.9 Å². The highest BCUT2D eigenvalue weighted by Gasteiger charge is 2.22. The van der Waals surface area contributed by atoms with Gasteiger partial charge in [0.05, 0.1) is 13.7 Å². The van der Waals surface area contributed by atoms with Gasteiger partial charge in [0.15, 0.2) is 0 Å². The molecule has 0 aliphatic carbocycles. The fourth-order valence-corrected chi connectivity index (χ4v) is 1.21. The molecule has 0 spiro atoms. The zero-order valence-corrected chi connectivity index (χ0v) is 9.41. The van der Waals surface area contributed by atoms with Gasteiger partial charge in [-0.1, -0.05) is 20.8 Å². The van der Waals surface area contributed by atoms with Crippen LogP contribution in [0.3, 0.4) is 0 Å². The molecule has 4 nitrogen and oxygen atoms in total. The molecule has 4 heteroatoms. The maximum atomic E-state index is 11.3. The van der Waals surface area contributed by atoms with E-state index in [1.807, 2.05) is 20.8 Å². The SMILES string of the molecule is CCC(N[C@H](CO)C(C)C)C(=O)OC. The molecule has 0 aromatic rings. The molecule has 0 aromatic carbocycles. The summed E-state index contributed by atoms with van der Waals surface area (Å²) in [6.45, 7) is 5.93. The number of ether oxygens (including phenoxy) is 1. The Hall–Kier alpha value is -0.610. The van der Waals surface area contributed by atoms with Crippen molar-refractivity contribution in [2.75, 3.05) is 13.7 Å². The van der Waals surface area contributed by atoms with Crippen LogP contribution in [0.5, 0.6) is 0 Å². The number of aliphatic hydroxyl groups is 1. The van der Waals surface area contributed by atoms with Crippen LogP contribution in [0.25, 0.3) is 0 Å². The van der Waals surface area contributed by atoms with Crippen molar-refractivity contribution >= 4 is 5.97 Å². The van der Waals surface area contributed by atoms with Crippen LogP contribution in [0.15, 0.2) is 0 Å². The lowest BCUT2D eigenvalue weighted by Gasteiger charge is -2.24. The molecule has 0 amide bonds. The smallest absolute Gasteiger partial charge is 0.322 e. The summed E-state index contributed by atoms with van der Waals surface area (Å²) in [4.78, 5) is 11.3. The molecule has 0 heterocycles. The lowest BCUT2D eigenvalue weighted by atomic mass is 10.0. The summed E-state index contributed by atoms with van der Waals surface area (Å²) >= 11 is 0. The zero-order chi connectivity index (χ0) is 11.1. The van der Waals surface area contributed by atoms with Gasteiger partial charge in [0.25, 0.3) is 0 Å². The number of carbonyl (C=O) groups is 1. The lowest BCUT2D eigenvalue weighted by molar-refractivity contribution is -0.143. The first-order chi connectivity index (χ1) is 6.56. The van der Waals surface area contributed by atoms with Crippen molar-refractivity contribution in [1.82, 2.24) is 5.32 Å². The zero-order valence-electron chi connectivity index (χ0n) is 9.41. The molecule has 0 saturated carbocycles. The van der Waals surface area contributed by atoms with Crippen LogP contribution in [0.2, 0.25) is 0 Å². The van der Waals surface area contributed by atoms with Gasteiger partial charge in [0.2, 0.25) is 0 Å². The third kappa shape index (κ3) is 4.07. The van der Waals surface area contributed by atoms with Crippen molar-refractivity contribution in [3.8, 4) is 0 Å². The molecular formula is C10H21NO3. The van der Waals surface area contributed by atoms with E-state index in [0.717, 1.165) is 0 Å². The Bertz CT molecular complexity index is 171. The molecule has 0 aromatic heterocycles. The number of hydrogen-bond acceptors (Lipinski definition) is 4. The molecule has 0 fully saturated rings. The summed E-state index contributed by atoms with van der Waals surface area (Å²) in [6, 6.07) is -0.376. The van der Waals surface area contributed by atoms with Gasteiger partial charge >= 0.3 is 5.97 Å². The quantitative estimate of drug-likeness (QED) is 0.619. The minimum absolute atomic E-state index is 0.0329. The minimum Gasteiger partial charge on any atom is -0.468 e. The highest BCUT2D eigenvalue weighted by Crippen LogP contribution is 2.04. The Labute approximate surface area is 85.6 Å². The third-order valence-electron chi connectivity index (χ3n) is 2.31. The van der Waals surface area contributed by atoms with Crippen molar-refractivity contribution in [3.05, 3.63) is 0 Å². The van der Waals surface area contributed by atoms with Gasteiger partial charge in [-0.3, -0.25) is 10.1 Å². The van der Waals surface area contributed by atoms with E-state index in [9.17, 15) is 4.79 Å².